The topological polar surface area (TPSA) is 91.2 Å². The van der Waals surface area contributed by atoms with Gasteiger partial charge in [0.2, 0.25) is 0 Å². The fraction of sp³-hybridized carbons (Fsp3) is 0.0625. The Bertz CT molecular complexity index is 733. The van der Waals surface area contributed by atoms with Crippen molar-refractivity contribution in [3.05, 3.63) is 59.7 Å². The Morgan fingerprint density at radius 2 is 1.73 bits per heavy atom. The number of carbonyl (C=O) groups is 2. The van der Waals surface area contributed by atoms with E-state index in [2.05, 4.69) is 15.4 Å². The molecule has 0 radical (unpaired) electrons. The van der Waals surface area contributed by atoms with Gasteiger partial charge in [0, 0.05) is 5.69 Å². The highest BCUT2D eigenvalue weighted by molar-refractivity contribution is 6.09. The third kappa shape index (κ3) is 3.61. The summed E-state index contributed by atoms with van der Waals surface area (Å²) >= 11 is 0. The van der Waals surface area contributed by atoms with Crippen LogP contribution in [0.15, 0.2) is 48.5 Å². The van der Waals surface area contributed by atoms with E-state index in [-0.39, 0.29) is 5.91 Å². The van der Waals surface area contributed by atoms with Crippen LogP contribution in [0.3, 0.4) is 0 Å². The molecule has 2 rings (SSSR count). The third-order valence-corrected chi connectivity index (χ3v) is 2.87. The van der Waals surface area contributed by atoms with Crippen LogP contribution in [0.25, 0.3) is 0 Å². The third-order valence-electron chi connectivity index (χ3n) is 2.87. The lowest BCUT2D eigenvalue weighted by Gasteiger charge is -2.10. The summed E-state index contributed by atoms with van der Waals surface area (Å²) in [7, 11) is 1.24. The monoisotopic (exact) mass is 295 g/mol. The Morgan fingerprint density at radius 1 is 1.05 bits per heavy atom. The number of para-hydroxylation sites is 1. The average molecular weight is 295 g/mol. The minimum absolute atomic E-state index is 0.303. The molecule has 0 saturated heterocycles. The van der Waals surface area contributed by atoms with E-state index < -0.39 is 6.09 Å². The Kier molecular flexibility index (Phi) is 4.73. The SMILES string of the molecule is COC(=O)Nc1ccccc1C(=O)Nc1ccc(C#N)cc1. The summed E-state index contributed by atoms with van der Waals surface area (Å²) in [5.41, 5.74) is 1.71. The van der Waals surface area contributed by atoms with Gasteiger partial charge in [-0.25, -0.2) is 4.79 Å². The van der Waals surface area contributed by atoms with Crippen LogP contribution in [0.4, 0.5) is 16.2 Å². The number of ether oxygens (including phenoxy) is 1. The number of anilines is 2. The van der Waals surface area contributed by atoms with E-state index in [0.717, 1.165) is 0 Å². The molecule has 110 valence electrons. The van der Waals surface area contributed by atoms with E-state index in [1.54, 1.807) is 48.5 Å². The van der Waals surface area contributed by atoms with E-state index in [4.69, 9.17) is 5.26 Å². The lowest BCUT2D eigenvalue weighted by Crippen LogP contribution is -2.18. The van der Waals surface area contributed by atoms with Gasteiger partial charge in [-0.3, -0.25) is 10.1 Å². The van der Waals surface area contributed by atoms with Crippen LogP contribution < -0.4 is 10.6 Å². The van der Waals surface area contributed by atoms with Crippen molar-refractivity contribution in [3.8, 4) is 6.07 Å². The van der Waals surface area contributed by atoms with Crippen LogP contribution >= 0.6 is 0 Å². The molecule has 2 amide bonds. The number of hydrogen-bond donors (Lipinski definition) is 2. The number of methoxy groups -OCH3 is 1. The Hall–Kier alpha value is -3.33. The summed E-state index contributed by atoms with van der Waals surface area (Å²) in [6.07, 6.45) is -0.654. The summed E-state index contributed by atoms with van der Waals surface area (Å²) in [5, 5.41) is 13.9. The van der Waals surface area contributed by atoms with E-state index in [1.807, 2.05) is 6.07 Å². The maximum atomic E-state index is 12.3. The molecule has 6 heteroatoms. The largest absolute Gasteiger partial charge is 0.453 e. The maximum Gasteiger partial charge on any atom is 0.411 e. The smallest absolute Gasteiger partial charge is 0.411 e. The van der Waals surface area contributed by atoms with Crippen LogP contribution in [-0.4, -0.2) is 19.1 Å². The number of nitrogens with one attached hydrogen (secondary N) is 2. The zero-order valence-electron chi connectivity index (χ0n) is 11.8. The Morgan fingerprint density at radius 3 is 2.36 bits per heavy atom. The Balaban J connectivity index is 2.18. The molecule has 0 spiro atoms. The van der Waals surface area contributed by atoms with Gasteiger partial charge in [0.1, 0.15) is 0 Å². The molecule has 0 aliphatic heterocycles. The lowest BCUT2D eigenvalue weighted by atomic mass is 10.1. The molecule has 2 aromatic carbocycles. The van der Waals surface area contributed by atoms with E-state index in [1.165, 1.54) is 7.11 Å². The van der Waals surface area contributed by atoms with Crippen LogP contribution in [0.5, 0.6) is 0 Å². The molecule has 22 heavy (non-hydrogen) atoms. The second-order valence-corrected chi connectivity index (χ2v) is 4.31. The second kappa shape index (κ2) is 6.90. The Labute approximate surface area is 127 Å². The van der Waals surface area contributed by atoms with Crippen molar-refractivity contribution < 1.29 is 14.3 Å². The molecule has 0 saturated carbocycles. The molecule has 0 fully saturated rings. The molecule has 2 aromatic rings. The predicted octanol–water partition coefficient (Wildman–Crippen LogP) is 2.99. The van der Waals surface area contributed by atoms with Gasteiger partial charge in [0.15, 0.2) is 0 Å². The first kappa shape index (κ1) is 15.1. The summed E-state index contributed by atoms with van der Waals surface area (Å²) in [6, 6.07) is 15.1. The number of rotatable bonds is 3. The first-order valence-corrected chi connectivity index (χ1v) is 6.39. The quantitative estimate of drug-likeness (QED) is 0.910. The first-order valence-electron chi connectivity index (χ1n) is 6.39. The van der Waals surface area contributed by atoms with Crippen molar-refractivity contribution in [3.63, 3.8) is 0 Å². The fourth-order valence-corrected chi connectivity index (χ4v) is 1.78. The second-order valence-electron chi connectivity index (χ2n) is 4.31. The molecule has 6 nitrogen and oxygen atoms in total. The molecular formula is C16H13N3O3. The van der Waals surface area contributed by atoms with Gasteiger partial charge in [0.25, 0.3) is 5.91 Å². The predicted molar refractivity (Wildman–Crippen MR) is 81.6 cm³/mol. The van der Waals surface area contributed by atoms with Gasteiger partial charge < -0.3 is 10.1 Å². The normalized spacial score (nSPS) is 9.45. The van der Waals surface area contributed by atoms with Crippen LogP contribution in [-0.2, 0) is 4.74 Å². The van der Waals surface area contributed by atoms with Crippen molar-refractivity contribution in [1.29, 1.82) is 5.26 Å². The van der Waals surface area contributed by atoms with Crippen molar-refractivity contribution in [2.75, 3.05) is 17.7 Å². The van der Waals surface area contributed by atoms with Crippen LogP contribution in [0, 0.1) is 11.3 Å². The van der Waals surface area contributed by atoms with Gasteiger partial charge in [-0.15, -0.1) is 0 Å². The maximum absolute atomic E-state index is 12.3. The van der Waals surface area contributed by atoms with Crippen LogP contribution in [0.1, 0.15) is 15.9 Å². The van der Waals surface area contributed by atoms with Gasteiger partial charge >= 0.3 is 6.09 Å². The summed E-state index contributed by atoms with van der Waals surface area (Å²) in [5.74, 6) is -0.378. The highest BCUT2D eigenvalue weighted by atomic mass is 16.5. The molecule has 0 aliphatic carbocycles. The molecular weight excluding hydrogens is 282 g/mol. The van der Waals surface area contributed by atoms with Gasteiger partial charge in [0.05, 0.1) is 30.0 Å². The standard InChI is InChI=1S/C16H13N3O3/c1-22-16(21)19-14-5-3-2-4-13(14)15(20)18-12-8-6-11(10-17)7-9-12/h2-9H,1H3,(H,18,20)(H,19,21). The minimum atomic E-state index is -0.654. The van der Waals surface area contributed by atoms with Crippen molar-refractivity contribution in [2.45, 2.75) is 0 Å². The molecule has 2 N–H and O–H groups in total. The van der Waals surface area contributed by atoms with Crippen molar-refractivity contribution in [1.82, 2.24) is 0 Å². The summed E-state index contributed by atoms with van der Waals surface area (Å²) in [4.78, 5) is 23.6. The molecule has 0 unspecified atom stereocenters. The molecule has 0 atom stereocenters. The van der Waals surface area contributed by atoms with Gasteiger partial charge in [-0.1, -0.05) is 12.1 Å². The number of amides is 2. The van der Waals surface area contributed by atoms with E-state index in [9.17, 15) is 9.59 Å². The zero-order chi connectivity index (χ0) is 15.9. The minimum Gasteiger partial charge on any atom is -0.453 e. The van der Waals surface area contributed by atoms with Crippen LogP contribution in [0.2, 0.25) is 0 Å². The summed E-state index contributed by atoms with van der Waals surface area (Å²) in [6.45, 7) is 0. The van der Waals surface area contributed by atoms with E-state index in [0.29, 0.717) is 22.5 Å². The molecule has 0 aromatic heterocycles. The highest BCUT2D eigenvalue weighted by Gasteiger charge is 2.13. The number of carbonyl (C=O) groups excluding carboxylic acids is 2. The van der Waals surface area contributed by atoms with Crippen molar-refractivity contribution >= 4 is 23.4 Å². The van der Waals surface area contributed by atoms with Gasteiger partial charge in [-0.2, -0.15) is 5.26 Å². The molecule has 0 bridgehead atoms. The summed E-state index contributed by atoms with van der Waals surface area (Å²) < 4.78 is 4.52. The molecule has 0 aliphatic rings. The number of nitriles is 1. The zero-order valence-corrected chi connectivity index (χ0v) is 11.8. The molecule has 0 heterocycles. The van der Waals surface area contributed by atoms with Gasteiger partial charge in [-0.05, 0) is 36.4 Å². The number of hydrogen-bond acceptors (Lipinski definition) is 4. The van der Waals surface area contributed by atoms with E-state index >= 15 is 0 Å². The first-order chi connectivity index (χ1) is 10.6. The number of nitrogens with zero attached hydrogens (tertiary/aromatic N) is 1. The highest BCUT2D eigenvalue weighted by Crippen LogP contribution is 2.18. The van der Waals surface area contributed by atoms with Crippen molar-refractivity contribution in [2.24, 2.45) is 0 Å². The number of benzene rings is 2. The fourth-order valence-electron chi connectivity index (χ4n) is 1.78. The average Bonchev–Trinajstić information content (AvgIpc) is 2.55. The lowest BCUT2D eigenvalue weighted by molar-refractivity contribution is 0.102.